The average Bonchev–Trinajstić information content (AvgIpc) is 2.47. The molecule has 130 valence electrons. The highest BCUT2D eigenvalue weighted by molar-refractivity contribution is 5.59. The minimum atomic E-state index is -1.72. The number of benzene rings is 1. The lowest BCUT2D eigenvalue weighted by molar-refractivity contribution is 0.374. The molecule has 0 saturated carbocycles. The van der Waals surface area contributed by atoms with Gasteiger partial charge in [-0.2, -0.15) is 0 Å². The first-order chi connectivity index (χ1) is 10.9. The third-order valence-electron chi connectivity index (χ3n) is 5.06. The Morgan fingerprint density at radius 2 is 0.875 bits per heavy atom. The Morgan fingerprint density at radius 3 is 1.12 bits per heavy atom. The molecule has 0 radical (unpaired) electrons. The minimum absolute atomic E-state index is 0.0446. The Morgan fingerprint density at radius 1 is 0.583 bits per heavy atom. The predicted molar refractivity (Wildman–Crippen MR) is 86.8 cm³/mol. The molecule has 0 unspecified atom stereocenters. The second kappa shape index (κ2) is 4.96. The molecule has 0 saturated heterocycles. The van der Waals surface area contributed by atoms with Gasteiger partial charge in [-0.05, 0) is 10.8 Å². The van der Waals surface area contributed by atoms with Crippen LogP contribution in [0.1, 0.15) is 64.5 Å². The van der Waals surface area contributed by atoms with Crippen LogP contribution in [0.4, 0.5) is 17.6 Å². The van der Waals surface area contributed by atoms with Gasteiger partial charge < -0.3 is 0 Å². The van der Waals surface area contributed by atoms with Crippen LogP contribution in [0.25, 0.3) is 0 Å². The van der Waals surface area contributed by atoms with Crippen molar-refractivity contribution in [2.45, 2.75) is 53.4 Å². The van der Waals surface area contributed by atoms with Crippen LogP contribution in [-0.4, -0.2) is 0 Å². The average molecular weight is 338 g/mol. The van der Waals surface area contributed by atoms with Crippen molar-refractivity contribution in [3.8, 4) is 0 Å². The number of hydrogen-bond acceptors (Lipinski definition) is 0. The van der Waals surface area contributed by atoms with Crippen LogP contribution >= 0.6 is 0 Å². The molecular formula is C20H22F4. The van der Waals surface area contributed by atoms with Crippen molar-refractivity contribution in [2.75, 3.05) is 0 Å². The van der Waals surface area contributed by atoms with Crippen LogP contribution < -0.4 is 0 Å². The van der Waals surface area contributed by atoms with Gasteiger partial charge in [-0.25, -0.2) is 17.6 Å². The highest BCUT2D eigenvalue weighted by Crippen LogP contribution is 2.57. The number of allylic oxidation sites excluding steroid dienone is 4. The molecule has 0 aliphatic heterocycles. The SMILES string of the molecule is CC(C)(C)C1=C[C@H]2C(C(C)(C)C)=C[C@@H]1c1c(F)c(F)c(F)c(F)c12. The molecule has 1 aromatic carbocycles. The van der Waals surface area contributed by atoms with Crippen LogP contribution in [-0.2, 0) is 0 Å². The summed E-state index contributed by atoms with van der Waals surface area (Å²) in [5, 5.41) is 0. The quantitative estimate of drug-likeness (QED) is 0.223. The summed E-state index contributed by atoms with van der Waals surface area (Å²) in [6.07, 6.45) is 3.82. The maximum absolute atomic E-state index is 14.5. The van der Waals surface area contributed by atoms with Gasteiger partial charge >= 0.3 is 0 Å². The topological polar surface area (TPSA) is 0 Å². The van der Waals surface area contributed by atoms with Crippen LogP contribution in [0.3, 0.4) is 0 Å². The van der Waals surface area contributed by atoms with E-state index in [1.54, 1.807) is 0 Å². The van der Waals surface area contributed by atoms with E-state index in [4.69, 9.17) is 0 Å². The van der Waals surface area contributed by atoms with Crippen molar-refractivity contribution in [3.63, 3.8) is 0 Å². The number of halogens is 4. The second-order valence-corrected chi connectivity index (χ2v) is 8.78. The molecule has 3 aliphatic rings. The molecule has 0 heterocycles. The van der Waals surface area contributed by atoms with Crippen LogP contribution in [0.15, 0.2) is 23.3 Å². The number of rotatable bonds is 0. The lowest BCUT2D eigenvalue weighted by Crippen LogP contribution is -2.33. The molecule has 2 atom stereocenters. The molecule has 4 heteroatoms. The first-order valence-electron chi connectivity index (χ1n) is 8.15. The summed E-state index contributed by atoms with van der Waals surface area (Å²) in [7, 11) is 0. The molecule has 0 N–H and O–H groups in total. The van der Waals surface area contributed by atoms with Crippen molar-refractivity contribution in [3.05, 3.63) is 57.7 Å². The normalized spacial score (nSPS) is 23.1. The van der Waals surface area contributed by atoms with Crippen molar-refractivity contribution in [2.24, 2.45) is 10.8 Å². The largest absolute Gasteiger partial charge is 0.203 e. The van der Waals surface area contributed by atoms with Crippen molar-refractivity contribution >= 4 is 0 Å². The highest BCUT2D eigenvalue weighted by Gasteiger charge is 2.46. The summed E-state index contributed by atoms with van der Waals surface area (Å²) in [5.74, 6) is -7.11. The zero-order valence-electron chi connectivity index (χ0n) is 14.8. The summed E-state index contributed by atoms with van der Waals surface area (Å²) >= 11 is 0. The van der Waals surface area contributed by atoms with Gasteiger partial charge in [-0.1, -0.05) is 64.8 Å². The fourth-order valence-electron chi connectivity index (χ4n) is 3.93. The lowest BCUT2D eigenvalue weighted by atomic mass is 9.59. The summed E-state index contributed by atoms with van der Waals surface area (Å²) in [6.45, 7) is 11.9. The zero-order valence-corrected chi connectivity index (χ0v) is 14.8. The van der Waals surface area contributed by atoms with Gasteiger partial charge in [-0.15, -0.1) is 0 Å². The fraction of sp³-hybridized carbons (Fsp3) is 0.500. The Kier molecular flexibility index (Phi) is 3.57. The minimum Gasteiger partial charge on any atom is -0.203 e. The monoisotopic (exact) mass is 338 g/mol. The van der Waals surface area contributed by atoms with Gasteiger partial charge in [0.2, 0.25) is 0 Å². The van der Waals surface area contributed by atoms with Crippen LogP contribution in [0.2, 0.25) is 0 Å². The first kappa shape index (κ1) is 17.2. The second-order valence-electron chi connectivity index (χ2n) is 8.78. The van der Waals surface area contributed by atoms with E-state index in [0.29, 0.717) is 0 Å². The Bertz CT molecular complexity index is 719. The van der Waals surface area contributed by atoms with Gasteiger partial charge in [0.1, 0.15) is 0 Å². The van der Waals surface area contributed by atoms with E-state index in [2.05, 4.69) is 0 Å². The molecule has 3 aliphatic carbocycles. The van der Waals surface area contributed by atoms with E-state index in [0.717, 1.165) is 11.1 Å². The third-order valence-corrected chi connectivity index (χ3v) is 5.06. The molecular weight excluding hydrogens is 316 g/mol. The Hall–Kier alpha value is -1.58. The van der Waals surface area contributed by atoms with E-state index in [1.807, 2.05) is 53.7 Å². The van der Waals surface area contributed by atoms with E-state index in [-0.39, 0.29) is 22.0 Å². The first-order valence-corrected chi connectivity index (χ1v) is 8.15. The smallest absolute Gasteiger partial charge is 0.197 e. The molecule has 0 nitrogen and oxygen atoms in total. The third kappa shape index (κ3) is 2.26. The summed E-state index contributed by atoms with van der Waals surface area (Å²) in [5.41, 5.74) is 1.17. The summed E-state index contributed by atoms with van der Waals surface area (Å²) in [4.78, 5) is 0. The van der Waals surface area contributed by atoms with Crippen molar-refractivity contribution in [1.29, 1.82) is 0 Å². The Labute approximate surface area is 140 Å². The van der Waals surface area contributed by atoms with Gasteiger partial charge in [0, 0.05) is 23.0 Å². The predicted octanol–water partition coefficient (Wildman–Crippen LogP) is 6.38. The van der Waals surface area contributed by atoms with Gasteiger partial charge in [0.15, 0.2) is 23.3 Å². The Balaban J connectivity index is 2.35. The number of hydrogen-bond donors (Lipinski definition) is 0. The summed E-state index contributed by atoms with van der Waals surface area (Å²) < 4.78 is 56.7. The van der Waals surface area contributed by atoms with Crippen LogP contribution in [0, 0.1) is 34.1 Å². The standard InChI is InChI=1S/C20H22F4/c1-19(2,3)11-7-10-12(20(4,5)6)8-9(11)13-14(10)16(22)18(24)17(23)15(13)21/h7-10H,1-6H3/t9-,10-/m0/s1. The molecule has 24 heavy (non-hydrogen) atoms. The molecule has 0 spiro atoms. The van der Waals surface area contributed by atoms with Crippen LogP contribution in [0.5, 0.6) is 0 Å². The van der Waals surface area contributed by atoms with E-state index in [9.17, 15) is 17.6 Å². The van der Waals surface area contributed by atoms with E-state index >= 15 is 0 Å². The molecule has 0 aromatic heterocycles. The summed E-state index contributed by atoms with van der Waals surface area (Å²) in [6, 6.07) is 0. The van der Waals surface area contributed by atoms with E-state index < -0.39 is 35.1 Å². The maximum Gasteiger partial charge on any atom is 0.197 e. The molecule has 0 fully saturated rings. The molecule has 1 aromatic rings. The zero-order chi connectivity index (χ0) is 18.2. The molecule has 4 rings (SSSR count). The maximum atomic E-state index is 14.5. The van der Waals surface area contributed by atoms with Gasteiger partial charge in [-0.3, -0.25) is 0 Å². The molecule has 2 bridgehead atoms. The van der Waals surface area contributed by atoms with Crippen molar-refractivity contribution < 1.29 is 17.6 Å². The van der Waals surface area contributed by atoms with Crippen molar-refractivity contribution in [1.82, 2.24) is 0 Å². The lowest BCUT2D eigenvalue weighted by Gasteiger charge is -2.45. The fourth-order valence-corrected chi connectivity index (χ4v) is 3.93. The van der Waals surface area contributed by atoms with E-state index in [1.165, 1.54) is 0 Å². The highest BCUT2D eigenvalue weighted by atomic mass is 19.2. The van der Waals surface area contributed by atoms with Gasteiger partial charge in [0.25, 0.3) is 0 Å². The van der Waals surface area contributed by atoms with Gasteiger partial charge in [0.05, 0.1) is 0 Å². The molecule has 0 amide bonds.